The zero-order valence-electron chi connectivity index (χ0n) is 11.5. The molecule has 0 spiro atoms. The first kappa shape index (κ1) is 24.2. The summed E-state index contributed by atoms with van der Waals surface area (Å²) in [5.74, 6) is 0. The highest BCUT2D eigenvalue weighted by Gasteiger charge is 1.96. The molecule has 0 fully saturated rings. The highest BCUT2D eigenvalue weighted by molar-refractivity contribution is 8.59. The van der Waals surface area contributed by atoms with Gasteiger partial charge in [-0.25, -0.2) is 0 Å². The fourth-order valence-electron chi connectivity index (χ4n) is 0.481. The standard InChI is InChI=1S/2C5H10OS2.H2S2/c2*1-4(2)6-5(7)8-3;1-2/h2*4H,1-3H3;1-2H. The molecule has 0 saturated heterocycles. The molecule has 0 radical (unpaired) electrons. The Morgan fingerprint density at radius 2 is 1.06 bits per heavy atom. The lowest BCUT2D eigenvalue weighted by molar-refractivity contribution is 0.243. The first-order valence-corrected chi connectivity index (χ1v) is 9.89. The van der Waals surface area contributed by atoms with Crippen LogP contribution in [0.15, 0.2) is 0 Å². The molecule has 0 aromatic rings. The zero-order valence-corrected chi connectivity index (χ0v) is 16.6. The SMILES string of the molecule is CSC(=S)OC(C)C.CSC(=S)OC(C)C.SS. The van der Waals surface area contributed by atoms with Gasteiger partial charge in [-0.3, -0.25) is 0 Å². The lowest BCUT2D eigenvalue weighted by atomic mass is 10.5. The van der Waals surface area contributed by atoms with E-state index in [1.54, 1.807) is 0 Å². The number of thioether (sulfide) groups is 2. The van der Waals surface area contributed by atoms with Crippen molar-refractivity contribution in [3.8, 4) is 0 Å². The Hall–Kier alpha value is 1.18. The lowest BCUT2D eigenvalue weighted by Gasteiger charge is -2.06. The van der Waals surface area contributed by atoms with Gasteiger partial charge in [-0.05, 0) is 64.6 Å². The summed E-state index contributed by atoms with van der Waals surface area (Å²) in [5.41, 5.74) is 0. The van der Waals surface area contributed by atoms with E-state index in [1.807, 2.05) is 40.2 Å². The van der Waals surface area contributed by atoms with E-state index < -0.39 is 0 Å². The third-order valence-electron chi connectivity index (χ3n) is 0.997. The second kappa shape index (κ2) is 18.2. The van der Waals surface area contributed by atoms with Crippen molar-refractivity contribution < 1.29 is 9.47 Å². The van der Waals surface area contributed by atoms with Crippen molar-refractivity contribution in [1.82, 2.24) is 0 Å². The van der Waals surface area contributed by atoms with E-state index in [4.69, 9.17) is 33.9 Å². The second-order valence-electron chi connectivity index (χ2n) is 3.24. The van der Waals surface area contributed by atoms with Crippen molar-refractivity contribution in [3.63, 3.8) is 0 Å². The predicted molar refractivity (Wildman–Crippen MR) is 103 cm³/mol. The van der Waals surface area contributed by atoms with Crippen molar-refractivity contribution in [3.05, 3.63) is 0 Å². The van der Waals surface area contributed by atoms with E-state index >= 15 is 0 Å². The van der Waals surface area contributed by atoms with Crippen molar-refractivity contribution >= 4 is 80.0 Å². The van der Waals surface area contributed by atoms with Crippen LogP contribution in [0.1, 0.15) is 27.7 Å². The molecule has 0 atom stereocenters. The summed E-state index contributed by atoms with van der Waals surface area (Å²) in [6.45, 7) is 7.84. The van der Waals surface area contributed by atoms with Crippen molar-refractivity contribution in [1.29, 1.82) is 0 Å². The van der Waals surface area contributed by atoms with Crippen LogP contribution in [0.25, 0.3) is 0 Å². The Kier molecular flexibility index (Phi) is 24.5. The summed E-state index contributed by atoms with van der Waals surface area (Å²) in [4.78, 5) is 0. The van der Waals surface area contributed by atoms with Gasteiger partial charge >= 0.3 is 0 Å². The van der Waals surface area contributed by atoms with E-state index in [1.165, 1.54) is 23.5 Å². The molecule has 0 aliphatic carbocycles. The Morgan fingerprint density at radius 3 is 1.11 bits per heavy atom. The average Bonchev–Trinajstić information content (AvgIpc) is 2.30. The Morgan fingerprint density at radius 1 is 0.833 bits per heavy atom. The van der Waals surface area contributed by atoms with Gasteiger partial charge < -0.3 is 9.47 Å². The molecule has 0 amide bonds. The van der Waals surface area contributed by atoms with E-state index in [2.05, 4.69) is 23.3 Å². The maximum Gasteiger partial charge on any atom is 0.219 e. The predicted octanol–water partition coefficient (Wildman–Crippen LogP) is 4.88. The van der Waals surface area contributed by atoms with Crippen LogP contribution >= 0.6 is 71.3 Å². The molecule has 0 aromatic carbocycles. The van der Waals surface area contributed by atoms with Crippen molar-refractivity contribution in [2.24, 2.45) is 0 Å². The molecule has 0 heterocycles. The third kappa shape index (κ3) is 25.9. The number of thiol groups is 2. The lowest BCUT2D eigenvalue weighted by Crippen LogP contribution is -2.04. The zero-order chi connectivity index (χ0) is 15.1. The highest BCUT2D eigenvalue weighted by atomic mass is 33.1. The van der Waals surface area contributed by atoms with Crippen molar-refractivity contribution in [2.75, 3.05) is 12.5 Å². The monoisotopic (exact) mass is 366 g/mol. The molecule has 18 heavy (non-hydrogen) atoms. The Balaban J connectivity index is -0.000000219. The molecule has 2 nitrogen and oxygen atoms in total. The summed E-state index contributed by atoms with van der Waals surface area (Å²) in [5, 5.41) is 0. The molecule has 0 aliphatic rings. The van der Waals surface area contributed by atoms with E-state index in [9.17, 15) is 0 Å². The van der Waals surface area contributed by atoms with Gasteiger partial charge in [0.2, 0.25) is 8.77 Å². The van der Waals surface area contributed by atoms with Gasteiger partial charge in [-0.1, -0.05) is 23.5 Å². The number of hydrogen-bond donors (Lipinski definition) is 2. The molecule has 0 unspecified atom stereocenters. The maximum atomic E-state index is 5.09. The normalized spacial score (nSPS) is 8.78. The summed E-state index contributed by atoms with van der Waals surface area (Å²) in [7, 11) is 0. The average molecular weight is 367 g/mol. The van der Waals surface area contributed by atoms with Gasteiger partial charge in [0.15, 0.2) is 0 Å². The molecule has 0 N–H and O–H groups in total. The number of hydrogen-bond acceptors (Lipinski definition) is 8. The van der Waals surface area contributed by atoms with Crippen LogP contribution in [0.4, 0.5) is 0 Å². The maximum absolute atomic E-state index is 5.09. The molecule has 110 valence electrons. The molecule has 0 aromatic heterocycles. The van der Waals surface area contributed by atoms with Gasteiger partial charge in [-0.15, -0.1) is 23.3 Å². The smallest absolute Gasteiger partial charge is 0.219 e. The van der Waals surface area contributed by atoms with E-state index in [0.29, 0.717) is 8.77 Å². The Labute approximate surface area is 141 Å². The van der Waals surface area contributed by atoms with Crippen LogP contribution < -0.4 is 0 Å². The summed E-state index contributed by atoms with van der Waals surface area (Å²) >= 11 is 18.9. The minimum atomic E-state index is 0.218. The number of thiocarbonyl (C=S) groups is 2. The minimum Gasteiger partial charge on any atom is -0.476 e. The third-order valence-corrected chi connectivity index (χ3v) is 3.05. The second-order valence-corrected chi connectivity index (χ2v) is 6.06. The molecular formula is C10H22O2S6. The first-order chi connectivity index (χ1) is 8.33. The van der Waals surface area contributed by atoms with Crippen LogP contribution in [-0.4, -0.2) is 33.5 Å². The van der Waals surface area contributed by atoms with Crippen LogP contribution in [0.3, 0.4) is 0 Å². The topological polar surface area (TPSA) is 18.5 Å². The van der Waals surface area contributed by atoms with Gasteiger partial charge in [0, 0.05) is 0 Å². The van der Waals surface area contributed by atoms with Crippen molar-refractivity contribution in [2.45, 2.75) is 39.9 Å². The fourth-order valence-corrected chi connectivity index (χ4v) is 1.44. The molecular weight excluding hydrogens is 345 g/mol. The van der Waals surface area contributed by atoms with Crippen LogP contribution in [0.5, 0.6) is 0 Å². The first-order valence-electron chi connectivity index (χ1n) is 5.02. The number of ether oxygens (including phenoxy) is 2. The molecule has 0 rings (SSSR count). The molecule has 0 saturated carbocycles. The quantitative estimate of drug-likeness (QED) is 0.409. The fraction of sp³-hybridized carbons (Fsp3) is 0.800. The summed E-state index contributed by atoms with van der Waals surface area (Å²) < 4.78 is 11.4. The van der Waals surface area contributed by atoms with Crippen LogP contribution in [-0.2, 0) is 9.47 Å². The van der Waals surface area contributed by atoms with Crippen LogP contribution in [0, 0.1) is 0 Å². The van der Waals surface area contributed by atoms with Gasteiger partial charge in [0.1, 0.15) is 0 Å². The van der Waals surface area contributed by atoms with Gasteiger partial charge in [0.25, 0.3) is 0 Å². The van der Waals surface area contributed by atoms with Crippen LogP contribution in [0.2, 0.25) is 0 Å². The molecule has 0 bridgehead atoms. The summed E-state index contributed by atoms with van der Waals surface area (Å²) in [6.07, 6.45) is 4.25. The largest absolute Gasteiger partial charge is 0.476 e. The van der Waals surface area contributed by atoms with E-state index in [-0.39, 0.29) is 12.2 Å². The highest BCUT2D eigenvalue weighted by Crippen LogP contribution is 2.02. The Bertz CT molecular complexity index is 187. The van der Waals surface area contributed by atoms with Gasteiger partial charge in [0.05, 0.1) is 12.2 Å². The molecule has 0 aliphatic heterocycles. The summed E-state index contributed by atoms with van der Waals surface area (Å²) in [6, 6.07) is 0. The van der Waals surface area contributed by atoms with Gasteiger partial charge in [-0.2, -0.15) is 0 Å². The van der Waals surface area contributed by atoms with E-state index in [0.717, 1.165) is 0 Å². The molecule has 8 heteroatoms. The minimum absolute atomic E-state index is 0.218. The number of rotatable bonds is 2.